The molecule has 3 heterocycles. The molecule has 1 atom stereocenters. The molecule has 2 aliphatic heterocycles. The first kappa shape index (κ1) is 14.5. The van der Waals surface area contributed by atoms with Gasteiger partial charge in [0.2, 0.25) is 5.89 Å². The van der Waals surface area contributed by atoms with Gasteiger partial charge in [-0.1, -0.05) is 25.4 Å². The van der Waals surface area contributed by atoms with E-state index in [-0.39, 0.29) is 17.8 Å². The van der Waals surface area contributed by atoms with Crippen LogP contribution in [0.4, 0.5) is 0 Å². The Labute approximate surface area is 125 Å². The van der Waals surface area contributed by atoms with E-state index in [0.29, 0.717) is 11.3 Å². The van der Waals surface area contributed by atoms with Crippen LogP contribution in [0.3, 0.4) is 0 Å². The maximum absolute atomic E-state index is 12.4. The van der Waals surface area contributed by atoms with E-state index in [9.17, 15) is 4.79 Å². The molecule has 0 aromatic carbocycles. The lowest BCUT2D eigenvalue weighted by molar-refractivity contribution is 0.0585. The highest BCUT2D eigenvalue weighted by Crippen LogP contribution is 2.34. The van der Waals surface area contributed by atoms with Crippen molar-refractivity contribution in [3.63, 3.8) is 0 Å². The molecule has 0 bridgehead atoms. The van der Waals surface area contributed by atoms with Crippen LogP contribution < -0.4 is 5.32 Å². The van der Waals surface area contributed by atoms with E-state index < -0.39 is 0 Å². The van der Waals surface area contributed by atoms with Crippen LogP contribution in [0.1, 0.15) is 68.5 Å². The normalized spacial score (nSPS) is 25.2. The van der Waals surface area contributed by atoms with Crippen LogP contribution in [-0.2, 0) is 0 Å². The highest BCUT2D eigenvalue weighted by Gasteiger charge is 2.33. The fourth-order valence-electron chi connectivity index (χ4n) is 3.10. The van der Waals surface area contributed by atoms with E-state index in [2.05, 4.69) is 29.3 Å². The van der Waals surface area contributed by atoms with Gasteiger partial charge in [-0.15, -0.1) is 0 Å². The van der Waals surface area contributed by atoms with Crippen molar-refractivity contribution < 1.29 is 9.32 Å². The molecule has 3 rings (SSSR count). The zero-order valence-corrected chi connectivity index (χ0v) is 12.9. The number of likely N-dealkylation sites (tertiary alicyclic amines) is 1. The Morgan fingerprint density at radius 3 is 2.86 bits per heavy atom. The summed E-state index contributed by atoms with van der Waals surface area (Å²) in [5, 5.41) is 7.18. The molecule has 1 aromatic rings. The molecule has 0 spiro atoms. The van der Waals surface area contributed by atoms with E-state index >= 15 is 0 Å². The monoisotopic (exact) mass is 292 g/mol. The first-order chi connectivity index (χ1) is 10.1. The molecular weight excluding hydrogens is 268 g/mol. The summed E-state index contributed by atoms with van der Waals surface area (Å²) in [7, 11) is 0. The van der Waals surface area contributed by atoms with Crippen LogP contribution in [0.2, 0.25) is 0 Å². The van der Waals surface area contributed by atoms with Gasteiger partial charge in [0, 0.05) is 13.1 Å². The number of carbonyl (C=O) groups is 1. The highest BCUT2D eigenvalue weighted by atomic mass is 16.5. The number of nitrogens with zero attached hydrogens (tertiary/aromatic N) is 3. The number of aromatic nitrogens is 2. The Morgan fingerprint density at radius 1 is 1.48 bits per heavy atom. The smallest absolute Gasteiger partial charge is 0.295 e. The molecule has 2 fully saturated rings. The zero-order valence-electron chi connectivity index (χ0n) is 12.9. The van der Waals surface area contributed by atoms with Gasteiger partial charge in [0.25, 0.3) is 11.7 Å². The third-order valence-electron chi connectivity index (χ3n) is 5.10. The van der Waals surface area contributed by atoms with E-state index in [4.69, 9.17) is 4.52 Å². The molecule has 1 aromatic heterocycles. The molecule has 116 valence electrons. The van der Waals surface area contributed by atoms with Crippen molar-refractivity contribution in [1.29, 1.82) is 0 Å². The Bertz CT molecular complexity index is 500. The maximum Gasteiger partial charge on any atom is 0.295 e. The fourth-order valence-corrected chi connectivity index (χ4v) is 3.10. The van der Waals surface area contributed by atoms with Crippen LogP contribution in [0.15, 0.2) is 4.52 Å². The molecule has 2 aliphatic rings. The molecule has 6 nitrogen and oxygen atoms in total. The van der Waals surface area contributed by atoms with Gasteiger partial charge in [0.05, 0.1) is 6.04 Å². The number of carbonyl (C=O) groups excluding carboxylic acids is 1. The van der Waals surface area contributed by atoms with Crippen molar-refractivity contribution in [2.24, 2.45) is 5.41 Å². The molecular formula is C15H24N4O2. The lowest BCUT2D eigenvalue weighted by atomic mass is 9.78. The summed E-state index contributed by atoms with van der Waals surface area (Å²) < 4.78 is 5.25. The van der Waals surface area contributed by atoms with Crippen molar-refractivity contribution in [3.8, 4) is 0 Å². The average molecular weight is 292 g/mol. The van der Waals surface area contributed by atoms with Gasteiger partial charge in [-0.2, -0.15) is 4.98 Å². The molecule has 1 amide bonds. The van der Waals surface area contributed by atoms with Gasteiger partial charge in [-0.25, -0.2) is 0 Å². The lowest BCUT2D eigenvalue weighted by Crippen LogP contribution is -2.42. The van der Waals surface area contributed by atoms with Crippen LogP contribution >= 0.6 is 0 Å². The van der Waals surface area contributed by atoms with E-state index in [1.54, 1.807) is 0 Å². The van der Waals surface area contributed by atoms with E-state index in [0.717, 1.165) is 51.7 Å². The molecule has 1 unspecified atom stereocenters. The molecule has 2 saturated heterocycles. The highest BCUT2D eigenvalue weighted by molar-refractivity contribution is 5.90. The van der Waals surface area contributed by atoms with Gasteiger partial charge >= 0.3 is 0 Å². The summed E-state index contributed by atoms with van der Waals surface area (Å²) in [5.74, 6) is 0.659. The quantitative estimate of drug-likeness (QED) is 0.924. The number of piperidine rings is 1. The number of amides is 1. The number of rotatable bonds is 3. The van der Waals surface area contributed by atoms with Crippen LogP contribution in [0.5, 0.6) is 0 Å². The third kappa shape index (κ3) is 2.95. The summed E-state index contributed by atoms with van der Waals surface area (Å²) >= 11 is 0. The predicted octanol–water partition coefficient (Wildman–Crippen LogP) is 2.15. The van der Waals surface area contributed by atoms with Crippen molar-refractivity contribution in [2.45, 2.75) is 52.0 Å². The van der Waals surface area contributed by atoms with Crippen LogP contribution in [0, 0.1) is 5.41 Å². The maximum atomic E-state index is 12.4. The lowest BCUT2D eigenvalue weighted by Gasteiger charge is -2.38. The molecule has 21 heavy (non-hydrogen) atoms. The Kier molecular flexibility index (Phi) is 3.97. The Balaban J connectivity index is 1.63. The standard InChI is InChI=1S/C15H24N4O2/c1-3-15(2)6-9-19(10-7-15)14(20)12-17-13(21-18-12)11-5-4-8-16-11/h11,16H,3-10H2,1-2H3. The van der Waals surface area contributed by atoms with E-state index in [1.807, 2.05) is 4.90 Å². The molecule has 1 N–H and O–H groups in total. The van der Waals surface area contributed by atoms with Gasteiger partial charge in [0.15, 0.2) is 0 Å². The number of hydrogen-bond donors (Lipinski definition) is 1. The Hall–Kier alpha value is -1.43. The van der Waals surface area contributed by atoms with Crippen molar-refractivity contribution >= 4 is 5.91 Å². The Morgan fingerprint density at radius 2 is 2.24 bits per heavy atom. The summed E-state index contributed by atoms with van der Waals surface area (Å²) in [6, 6.07) is 0.115. The zero-order chi connectivity index (χ0) is 14.9. The first-order valence-corrected chi connectivity index (χ1v) is 7.97. The van der Waals surface area contributed by atoms with Gasteiger partial charge in [-0.3, -0.25) is 4.79 Å². The van der Waals surface area contributed by atoms with Crippen molar-refractivity contribution in [2.75, 3.05) is 19.6 Å². The van der Waals surface area contributed by atoms with Crippen LogP contribution in [0.25, 0.3) is 0 Å². The summed E-state index contributed by atoms with van der Waals surface area (Å²) in [4.78, 5) is 18.6. The minimum Gasteiger partial charge on any atom is -0.337 e. The second-order valence-electron chi connectivity index (χ2n) is 6.56. The topological polar surface area (TPSA) is 71.3 Å². The third-order valence-corrected chi connectivity index (χ3v) is 5.10. The minimum atomic E-state index is -0.0962. The largest absolute Gasteiger partial charge is 0.337 e. The molecule has 6 heteroatoms. The second-order valence-corrected chi connectivity index (χ2v) is 6.56. The summed E-state index contributed by atoms with van der Waals surface area (Å²) in [6.45, 7) is 7.06. The van der Waals surface area contributed by atoms with Gasteiger partial charge in [-0.05, 0) is 37.6 Å². The van der Waals surface area contributed by atoms with Gasteiger partial charge in [0.1, 0.15) is 0 Å². The SMILES string of the molecule is CCC1(C)CCN(C(=O)c2noc(C3CCCN3)n2)CC1. The number of hydrogen-bond acceptors (Lipinski definition) is 5. The van der Waals surface area contributed by atoms with Gasteiger partial charge < -0.3 is 14.7 Å². The predicted molar refractivity (Wildman–Crippen MR) is 77.8 cm³/mol. The van der Waals surface area contributed by atoms with Crippen LogP contribution in [-0.4, -0.2) is 40.6 Å². The summed E-state index contributed by atoms with van der Waals surface area (Å²) in [6.07, 6.45) is 5.36. The molecule has 0 radical (unpaired) electrons. The average Bonchev–Trinajstić information content (AvgIpc) is 3.18. The summed E-state index contributed by atoms with van der Waals surface area (Å²) in [5.41, 5.74) is 0.368. The first-order valence-electron chi connectivity index (χ1n) is 7.97. The van der Waals surface area contributed by atoms with E-state index in [1.165, 1.54) is 0 Å². The fraction of sp³-hybridized carbons (Fsp3) is 0.800. The van der Waals surface area contributed by atoms with Crippen molar-refractivity contribution in [1.82, 2.24) is 20.4 Å². The van der Waals surface area contributed by atoms with Crippen molar-refractivity contribution in [3.05, 3.63) is 11.7 Å². The number of nitrogens with one attached hydrogen (secondary N) is 1. The molecule has 0 saturated carbocycles. The molecule has 0 aliphatic carbocycles. The minimum absolute atomic E-state index is 0.0962. The second kappa shape index (κ2) is 5.75.